The number of hydrogen-bond acceptors (Lipinski definition) is 36. The van der Waals surface area contributed by atoms with E-state index < -0.39 is 233 Å². The number of nitrogens with one attached hydrogen (secondary N) is 1. The van der Waals surface area contributed by atoms with Crippen LogP contribution in [0.3, 0.4) is 0 Å². The first-order valence-electron chi connectivity index (χ1n) is 34.4. The average Bonchev–Trinajstić information content (AvgIpc) is 0.792. The van der Waals surface area contributed by atoms with Crippen LogP contribution in [0, 0.1) is 0 Å². The molecule has 21 saturated heterocycles. The second-order valence-electron chi connectivity index (χ2n) is 25.7. The number of carboxylic acid groups (broad SMARTS) is 1. The van der Waals surface area contributed by atoms with Crippen LogP contribution in [0.2, 0.25) is 0 Å². The highest BCUT2D eigenvalue weighted by Gasteiger charge is 2.62. The molecule has 35 atom stereocenters. The number of aliphatic carboxylic acids is 1. The highest BCUT2D eigenvalue weighted by molar-refractivity contribution is 5.80. The van der Waals surface area contributed by atoms with E-state index in [1.807, 2.05) is 0 Å². The Hall–Kier alpha value is -2.42. The lowest BCUT2D eigenvalue weighted by molar-refractivity contribution is -0.402. The van der Waals surface area contributed by atoms with Crippen LogP contribution in [-0.4, -0.2) is 420 Å². The van der Waals surface area contributed by atoms with E-state index in [2.05, 4.69) is 5.32 Å². The molecule has 21 heterocycles. The molecule has 21 rings (SSSR count). The van der Waals surface area contributed by atoms with Gasteiger partial charge in [-0.2, -0.15) is 0 Å². The van der Waals surface area contributed by atoms with Crippen LogP contribution in [0.1, 0.15) is 12.8 Å². The quantitative estimate of drug-likeness (QED) is 0.0746. The molecule has 0 aromatic carbocycles. The first-order chi connectivity index (χ1) is 50.4. The minimum Gasteiger partial charge on any atom is -0.481 e. The van der Waals surface area contributed by atoms with E-state index >= 15 is 0 Å². The van der Waals surface area contributed by atoms with Crippen LogP contribution in [-0.2, 0) is 171 Å². The molecular weight excluding hydrogens is 1400 g/mol. The number of carboxylic acids is 1. The summed E-state index contributed by atoms with van der Waals surface area (Å²) in [7, 11) is 29.4. The maximum Gasteiger partial charge on any atom is 0.303 e. The normalized spacial score (nSPS) is 44.0. The summed E-state index contributed by atoms with van der Waals surface area (Å²) in [5.74, 6) is -1.79. The topological polar surface area (TPSA) is 380 Å². The molecule has 104 heavy (non-hydrogen) atoms. The molecule has 2 N–H and O–H groups in total. The zero-order valence-electron chi connectivity index (χ0n) is 63.2. The lowest BCUT2D eigenvalue weighted by Gasteiger charge is -2.52. The standard InChI is InChI=1S/C66H115NO37/c1-71-24-31-40-47(78-8)55(86-16)62(93-31)101-42-33(26-73-3)95-64(57(88-18)49(42)80-10)103-44-35(28-75-5)97-66(59(90-20)51(44)82-12)104-45-36(29-76-6)96-65(58(89-19)52(45)83-13)102-43-34(27-74-4)94-63(56(87-17)50(43)81-11)100-41-32(25-72-2)92-61(54(85-15)48(41)79-9)98-39-30(23-67-37(68)21-22-38(69)70)91-60(99-40)53(84-14)46(39)77-7/h30-36,39-66H,21-29H2,1-20H3,(H,67,68)(H,69,70)/t30-,31-,32-,33-,34-,35-,36-,39-,40-,41-,42-,43-,44-,45-,46+,47+,48+,49+,50+,51+,52+,53-,54-,55-,56-,57-,58-,59-,60-,61-,62-,63-,64-,65-,66-/m1/s1. The first-order valence-corrected chi connectivity index (χ1v) is 34.4. The first kappa shape index (κ1) is 87.2. The maximum absolute atomic E-state index is 13.5. The third-order valence-electron chi connectivity index (χ3n) is 20.0. The van der Waals surface area contributed by atoms with Crippen LogP contribution in [0.5, 0.6) is 0 Å². The predicted octanol–water partition coefficient (Wildman–Crippen LogP) is -2.16. The van der Waals surface area contributed by atoms with Gasteiger partial charge in [0.15, 0.2) is 44.0 Å². The average molecular weight is 1510 g/mol. The number of methoxy groups -OCH3 is 20. The summed E-state index contributed by atoms with van der Waals surface area (Å²) in [5.41, 5.74) is 0. The van der Waals surface area contributed by atoms with Crippen molar-refractivity contribution < 1.29 is 176 Å². The zero-order chi connectivity index (χ0) is 75.5. The Morgan fingerprint density at radius 3 is 0.558 bits per heavy atom. The number of amides is 1. The van der Waals surface area contributed by atoms with Crippen molar-refractivity contribution in [3.8, 4) is 0 Å². The number of carbonyl (C=O) groups excluding carboxylic acids is 1. The van der Waals surface area contributed by atoms with Gasteiger partial charge < -0.3 is 171 Å². The number of rotatable bonds is 31. The van der Waals surface area contributed by atoms with Crippen molar-refractivity contribution in [1.82, 2.24) is 5.32 Å². The van der Waals surface area contributed by atoms with Crippen molar-refractivity contribution in [1.29, 1.82) is 0 Å². The summed E-state index contributed by atoms with van der Waals surface area (Å²) >= 11 is 0. The molecule has 606 valence electrons. The van der Waals surface area contributed by atoms with Crippen molar-refractivity contribution in [2.75, 3.05) is 188 Å². The van der Waals surface area contributed by atoms with Crippen LogP contribution < -0.4 is 5.32 Å². The summed E-state index contributed by atoms with van der Waals surface area (Å²) in [6.07, 6.45) is -39.6. The third kappa shape index (κ3) is 19.7. The molecule has 0 unspecified atom stereocenters. The monoisotopic (exact) mass is 1510 g/mol. The highest BCUT2D eigenvalue weighted by Crippen LogP contribution is 2.43. The molecule has 38 heteroatoms. The van der Waals surface area contributed by atoms with Gasteiger partial charge in [-0.25, -0.2) is 0 Å². The Labute approximate surface area is 607 Å². The fraction of sp³-hybridized carbons (Fsp3) is 0.970. The summed E-state index contributed by atoms with van der Waals surface area (Å²) in [6, 6.07) is 0. The molecule has 0 spiro atoms. The van der Waals surface area contributed by atoms with Gasteiger partial charge in [0.2, 0.25) is 5.91 Å². The molecule has 0 aromatic rings. The molecule has 1 amide bonds. The highest BCUT2D eigenvalue weighted by atomic mass is 16.8. The number of hydrogen-bond donors (Lipinski definition) is 2. The van der Waals surface area contributed by atoms with Gasteiger partial charge in [-0.1, -0.05) is 0 Å². The Kier molecular flexibility index (Phi) is 35.9. The van der Waals surface area contributed by atoms with E-state index in [9.17, 15) is 14.7 Å². The molecule has 0 saturated carbocycles. The van der Waals surface area contributed by atoms with E-state index in [4.69, 9.17) is 161 Å². The van der Waals surface area contributed by atoms with Gasteiger partial charge in [0.1, 0.15) is 171 Å². The fourth-order valence-corrected chi connectivity index (χ4v) is 15.2. The number of carbonyl (C=O) groups is 2. The smallest absolute Gasteiger partial charge is 0.303 e. The van der Waals surface area contributed by atoms with Crippen molar-refractivity contribution in [3.63, 3.8) is 0 Å². The molecule has 21 aliphatic heterocycles. The van der Waals surface area contributed by atoms with E-state index in [1.54, 1.807) is 0 Å². The van der Waals surface area contributed by atoms with Crippen LogP contribution in [0.25, 0.3) is 0 Å². The van der Waals surface area contributed by atoms with E-state index in [0.29, 0.717) is 0 Å². The second-order valence-corrected chi connectivity index (χ2v) is 25.7. The lowest BCUT2D eigenvalue weighted by Crippen LogP contribution is -2.69. The Bertz CT molecular complexity index is 2440. The van der Waals surface area contributed by atoms with Crippen LogP contribution in [0.15, 0.2) is 0 Å². The Morgan fingerprint density at radius 1 is 0.240 bits per heavy atom. The van der Waals surface area contributed by atoms with Gasteiger partial charge in [-0.05, 0) is 0 Å². The summed E-state index contributed by atoms with van der Waals surface area (Å²) in [6.45, 7) is -0.835. The van der Waals surface area contributed by atoms with E-state index in [-0.39, 0.29) is 52.6 Å². The fourth-order valence-electron chi connectivity index (χ4n) is 15.2. The number of ether oxygens (including phenoxy) is 34. The van der Waals surface area contributed by atoms with E-state index in [1.165, 1.54) is 142 Å². The predicted molar refractivity (Wildman–Crippen MR) is 347 cm³/mol. The lowest BCUT2D eigenvalue weighted by atomic mass is 9.94. The maximum atomic E-state index is 13.5. The largest absolute Gasteiger partial charge is 0.481 e. The molecule has 38 nitrogen and oxygen atoms in total. The van der Waals surface area contributed by atoms with Gasteiger partial charge in [0.25, 0.3) is 0 Å². The van der Waals surface area contributed by atoms with Crippen molar-refractivity contribution in [2.45, 2.75) is 228 Å². The van der Waals surface area contributed by atoms with Gasteiger partial charge in [0.05, 0.1) is 46.1 Å². The molecule has 21 aliphatic rings. The molecule has 14 bridgehead atoms. The van der Waals surface area contributed by atoms with E-state index in [0.717, 1.165) is 0 Å². The Balaban J connectivity index is 1.25. The zero-order valence-corrected chi connectivity index (χ0v) is 63.2. The van der Waals surface area contributed by atoms with Crippen molar-refractivity contribution in [2.24, 2.45) is 0 Å². The van der Waals surface area contributed by atoms with Gasteiger partial charge in [-0.3, -0.25) is 9.59 Å². The SMILES string of the molecule is COC[C@H]1O[C@@H]2O[C@H]3[C@H](OC)[C@@H](OC)[C@@H](O[C@H]4[C@H](OC)[C@@H](OC)[C@@H](O[C@H]5[C@H](OC)[C@@H](OC)[C@@H](O[C@H]6[C@H](OC)[C@@H](OC)[C@@H](O[C@H]7[C@H](OC)[C@@H](OC)[C@@H](O[C@H]8[C@H](OC)[C@@H](OC)[C@@H](O[C@H]1[C@H](OC)[C@H]2OC)O[C@@H]8CNC(=O)CCC(=O)O)O[C@@H]7COC)O[C@@H]6COC)O[C@@H]5COC)O[C@@H]4COC)O[C@@H]3COC. The molecule has 0 aromatic heterocycles. The van der Waals surface area contributed by atoms with Gasteiger partial charge in [0, 0.05) is 155 Å². The Morgan fingerprint density at radius 2 is 0.404 bits per heavy atom. The second kappa shape index (κ2) is 42.8. The molecule has 0 aliphatic carbocycles. The van der Waals surface area contributed by atoms with Crippen molar-refractivity contribution >= 4 is 11.9 Å². The summed E-state index contributed by atoms with van der Waals surface area (Å²) < 4.78 is 220. The minimum absolute atomic E-state index is 0.0646. The summed E-state index contributed by atoms with van der Waals surface area (Å²) in [4.78, 5) is 25.2. The molecule has 21 fully saturated rings. The van der Waals surface area contributed by atoms with Gasteiger partial charge in [-0.15, -0.1) is 0 Å². The van der Waals surface area contributed by atoms with Crippen molar-refractivity contribution in [3.05, 3.63) is 0 Å². The van der Waals surface area contributed by atoms with Gasteiger partial charge >= 0.3 is 5.97 Å². The van der Waals surface area contributed by atoms with Crippen LogP contribution in [0.4, 0.5) is 0 Å². The molecule has 0 radical (unpaired) electrons. The third-order valence-corrected chi connectivity index (χ3v) is 20.0. The molecular formula is C66H115NO37. The van der Waals surface area contributed by atoms with Crippen LogP contribution >= 0.6 is 0 Å². The minimum atomic E-state index is -1.40. The summed E-state index contributed by atoms with van der Waals surface area (Å²) in [5, 5.41) is 12.4.